The minimum atomic E-state index is -0.234. The first-order valence-corrected chi connectivity index (χ1v) is 9.48. The van der Waals surface area contributed by atoms with Gasteiger partial charge in [0, 0.05) is 31.1 Å². The first-order chi connectivity index (χ1) is 12.4. The van der Waals surface area contributed by atoms with Gasteiger partial charge in [-0.15, -0.1) is 0 Å². The molecule has 0 aromatic carbocycles. The number of anilines is 2. The molecule has 1 fully saturated rings. The number of pyridine rings is 1. The van der Waals surface area contributed by atoms with Crippen LogP contribution in [0.1, 0.15) is 47.0 Å². The van der Waals surface area contributed by atoms with E-state index in [4.69, 9.17) is 0 Å². The fraction of sp³-hybridized carbons (Fsp3) is 0.632. The topological polar surface area (TPSA) is 86.4 Å². The van der Waals surface area contributed by atoms with Gasteiger partial charge in [-0.3, -0.25) is 4.79 Å². The van der Waals surface area contributed by atoms with Crippen LogP contribution in [0, 0.1) is 5.92 Å². The summed E-state index contributed by atoms with van der Waals surface area (Å²) in [5.41, 5.74) is 0.662. The second-order valence-corrected chi connectivity index (χ2v) is 7.24. The fourth-order valence-electron chi connectivity index (χ4n) is 2.91. The van der Waals surface area contributed by atoms with Crippen LogP contribution in [0.5, 0.6) is 0 Å². The Morgan fingerprint density at radius 3 is 2.42 bits per heavy atom. The van der Waals surface area contributed by atoms with Gasteiger partial charge in [0.2, 0.25) is 5.91 Å². The molecule has 0 bridgehead atoms. The number of rotatable bonds is 6. The average Bonchev–Trinajstić information content (AvgIpc) is 2.61. The number of carbonyl (C=O) groups excluding carboxylic acids is 2. The summed E-state index contributed by atoms with van der Waals surface area (Å²) in [6.07, 6.45) is 4.28. The number of piperidine rings is 1. The van der Waals surface area contributed by atoms with E-state index in [1.807, 2.05) is 32.9 Å². The Kier molecular flexibility index (Phi) is 7.24. The van der Waals surface area contributed by atoms with Crippen LogP contribution in [0.25, 0.3) is 0 Å². The van der Waals surface area contributed by atoms with E-state index in [1.165, 1.54) is 0 Å². The molecular formula is C19H31N5O2. The van der Waals surface area contributed by atoms with Crippen LogP contribution in [0.4, 0.5) is 16.3 Å². The van der Waals surface area contributed by atoms with Crippen LogP contribution < -0.4 is 20.9 Å². The van der Waals surface area contributed by atoms with Crippen molar-refractivity contribution < 1.29 is 9.59 Å². The van der Waals surface area contributed by atoms with Gasteiger partial charge in [0.1, 0.15) is 5.82 Å². The maximum atomic E-state index is 12.2. The molecule has 7 nitrogen and oxygen atoms in total. The summed E-state index contributed by atoms with van der Waals surface area (Å²) < 4.78 is 0. The number of nitrogens with one attached hydrogen (secondary N) is 3. The molecule has 7 heteroatoms. The maximum Gasteiger partial charge on any atom is 0.319 e. The van der Waals surface area contributed by atoms with Gasteiger partial charge in [0.25, 0.3) is 0 Å². The summed E-state index contributed by atoms with van der Waals surface area (Å²) in [7, 11) is 0. The summed E-state index contributed by atoms with van der Waals surface area (Å²) in [5.74, 6) is 1.13. The molecule has 0 saturated carbocycles. The lowest BCUT2D eigenvalue weighted by atomic mass is 9.95. The third kappa shape index (κ3) is 5.89. The largest absolute Gasteiger partial charge is 0.357 e. The highest BCUT2D eigenvalue weighted by Crippen LogP contribution is 2.23. The van der Waals surface area contributed by atoms with Crippen LogP contribution in [0.3, 0.4) is 0 Å². The summed E-state index contributed by atoms with van der Waals surface area (Å²) in [4.78, 5) is 30.6. The Morgan fingerprint density at radius 1 is 1.19 bits per heavy atom. The molecule has 0 radical (unpaired) electrons. The number of nitrogens with zero attached hydrogens (tertiary/aromatic N) is 2. The molecule has 26 heavy (non-hydrogen) atoms. The quantitative estimate of drug-likeness (QED) is 0.727. The molecule has 0 spiro atoms. The van der Waals surface area contributed by atoms with Crippen molar-refractivity contribution >= 4 is 23.4 Å². The van der Waals surface area contributed by atoms with Crippen molar-refractivity contribution in [1.82, 2.24) is 15.6 Å². The van der Waals surface area contributed by atoms with Gasteiger partial charge in [-0.25, -0.2) is 9.78 Å². The summed E-state index contributed by atoms with van der Waals surface area (Å²) in [5, 5.41) is 8.61. The van der Waals surface area contributed by atoms with E-state index in [0.717, 1.165) is 38.2 Å². The molecule has 1 atom stereocenters. The zero-order valence-corrected chi connectivity index (χ0v) is 16.2. The highest BCUT2D eigenvalue weighted by Gasteiger charge is 2.26. The average molecular weight is 361 g/mol. The van der Waals surface area contributed by atoms with Gasteiger partial charge in [-0.1, -0.05) is 6.92 Å². The van der Waals surface area contributed by atoms with E-state index in [1.54, 1.807) is 6.20 Å². The molecule has 2 rings (SSSR count). The summed E-state index contributed by atoms with van der Waals surface area (Å²) in [6, 6.07) is 3.84. The lowest BCUT2D eigenvalue weighted by Gasteiger charge is -2.32. The maximum absolute atomic E-state index is 12.2. The van der Waals surface area contributed by atoms with Crippen molar-refractivity contribution in [3.05, 3.63) is 18.3 Å². The Balaban J connectivity index is 1.84. The summed E-state index contributed by atoms with van der Waals surface area (Å²) in [6.45, 7) is 9.55. The Bertz CT molecular complexity index is 594. The van der Waals surface area contributed by atoms with E-state index < -0.39 is 0 Å². The van der Waals surface area contributed by atoms with E-state index in [-0.39, 0.29) is 29.9 Å². The molecular weight excluding hydrogens is 330 g/mol. The predicted molar refractivity (Wildman–Crippen MR) is 104 cm³/mol. The van der Waals surface area contributed by atoms with Crippen molar-refractivity contribution in [2.45, 2.75) is 59.0 Å². The smallest absolute Gasteiger partial charge is 0.319 e. The number of hydrogen-bond acceptors (Lipinski definition) is 4. The molecule has 3 amide bonds. The minimum Gasteiger partial charge on any atom is -0.357 e. The van der Waals surface area contributed by atoms with Gasteiger partial charge in [0.15, 0.2) is 0 Å². The van der Waals surface area contributed by atoms with Crippen LogP contribution >= 0.6 is 0 Å². The molecule has 1 aromatic heterocycles. The third-order valence-corrected chi connectivity index (χ3v) is 4.62. The Hall–Kier alpha value is -2.31. The van der Waals surface area contributed by atoms with Crippen LogP contribution in [0.15, 0.2) is 18.3 Å². The van der Waals surface area contributed by atoms with Gasteiger partial charge in [0.05, 0.1) is 11.9 Å². The van der Waals surface area contributed by atoms with Gasteiger partial charge in [-0.05, 0) is 52.2 Å². The lowest BCUT2D eigenvalue weighted by molar-refractivity contribution is -0.126. The van der Waals surface area contributed by atoms with E-state index >= 15 is 0 Å². The SMILES string of the molecule is CCC(C)NC(=O)C1CCN(c2ccc(NC(=O)NC(C)C)cn2)CC1. The van der Waals surface area contributed by atoms with Crippen molar-refractivity contribution in [2.75, 3.05) is 23.3 Å². The number of amides is 3. The highest BCUT2D eigenvalue weighted by atomic mass is 16.2. The second-order valence-electron chi connectivity index (χ2n) is 7.24. The van der Waals surface area contributed by atoms with Crippen molar-refractivity contribution in [2.24, 2.45) is 5.92 Å². The molecule has 1 aliphatic heterocycles. The fourth-order valence-corrected chi connectivity index (χ4v) is 2.91. The zero-order valence-electron chi connectivity index (χ0n) is 16.2. The van der Waals surface area contributed by atoms with Gasteiger partial charge >= 0.3 is 6.03 Å². The van der Waals surface area contributed by atoms with Gasteiger partial charge < -0.3 is 20.9 Å². The first-order valence-electron chi connectivity index (χ1n) is 9.48. The molecule has 2 heterocycles. The van der Waals surface area contributed by atoms with Crippen LogP contribution in [0.2, 0.25) is 0 Å². The molecule has 1 unspecified atom stereocenters. The van der Waals surface area contributed by atoms with E-state index in [2.05, 4.69) is 32.8 Å². The predicted octanol–water partition coefficient (Wildman–Crippen LogP) is 2.74. The van der Waals surface area contributed by atoms with Crippen molar-refractivity contribution in [3.63, 3.8) is 0 Å². The number of hydrogen-bond donors (Lipinski definition) is 3. The number of aromatic nitrogens is 1. The van der Waals surface area contributed by atoms with Crippen molar-refractivity contribution in [1.29, 1.82) is 0 Å². The van der Waals surface area contributed by atoms with Crippen LogP contribution in [-0.4, -0.2) is 42.1 Å². The Morgan fingerprint density at radius 2 is 1.88 bits per heavy atom. The number of urea groups is 1. The van der Waals surface area contributed by atoms with Crippen LogP contribution in [-0.2, 0) is 4.79 Å². The van der Waals surface area contributed by atoms with Gasteiger partial charge in [-0.2, -0.15) is 0 Å². The number of carbonyl (C=O) groups is 2. The second kappa shape index (κ2) is 9.40. The molecule has 144 valence electrons. The van der Waals surface area contributed by atoms with E-state index in [0.29, 0.717) is 5.69 Å². The standard InChI is InChI=1S/C19H31N5O2/c1-5-14(4)22-18(25)15-8-10-24(11-9-15)17-7-6-16(12-20-17)23-19(26)21-13(2)3/h6-7,12-15H,5,8-11H2,1-4H3,(H,22,25)(H2,21,23,26). The zero-order chi connectivity index (χ0) is 19.1. The summed E-state index contributed by atoms with van der Waals surface area (Å²) >= 11 is 0. The normalized spacial score (nSPS) is 16.3. The Labute approximate surface area is 155 Å². The molecule has 1 saturated heterocycles. The molecule has 1 aliphatic rings. The molecule has 3 N–H and O–H groups in total. The first kappa shape index (κ1) is 20.0. The van der Waals surface area contributed by atoms with Crippen molar-refractivity contribution in [3.8, 4) is 0 Å². The molecule has 1 aromatic rings. The third-order valence-electron chi connectivity index (χ3n) is 4.62. The van der Waals surface area contributed by atoms with E-state index in [9.17, 15) is 9.59 Å². The monoisotopic (exact) mass is 361 g/mol. The molecule has 0 aliphatic carbocycles. The lowest BCUT2D eigenvalue weighted by Crippen LogP contribution is -2.43. The minimum absolute atomic E-state index is 0.0842. The highest BCUT2D eigenvalue weighted by molar-refractivity contribution is 5.89.